The number of carbonyl (C=O) groups excluding carboxylic acids is 1. The van der Waals surface area contributed by atoms with Gasteiger partial charge in [-0.3, -0.25) is 14.7 Å². The number of hydrogen-bond acceptors (Lipinski definition) is 7. The molecule has 31 heavy (non-hydrogen) atoms. The van der Waals surface area contributed by atoms with Crippen LogP contribution in [0.5, 0.6) is 0 Å². The summed E-state index contributed by atoms with van der Waals surface area (Å²) in [5.74, 6) is 1.27. The van der Waals surface area contributed by atoms with Crippen LogP contribution in [-0.4, -0.2) is 62.5 Å². The van der Waals surface area contributed by atoms with Gasteiger partial charge in [0.1, 0.15) is 5.69 Å². The topological polar surface area (TPSA) is 88.2 Å². The number of hydrogen-bond donors (Lipinski definition) is 0. The summed E-state index contributed by atoms with van der Waals surface area (Å²) in [6.45, 7) is 4.30. The first-order valence-corrected chi connectivity index (χ1v) is 10.7. The maximum Gasteiger partial charge on any atom is 0.274 e. The number of benzene rings is 1. The summed E-state index contributed by atoms with van der Waals surface area (Å²) >= 11 is 0. The molecule has 1 unspecified atom stereocenters. The van der Waals surface area contributed by atoms with Crippen LogP contribution in [0.15, 0.2) is 47.2 Å². The Morgan fingerprint density at radius 3 is 2.61 bits per heavy atom. The third-order valence-corrected chi connectivity index (χ3v) is 6.62. The number of likely N-dealkylation sites (tertiary alicyclic amines) is 2. The molecule has 0 saturated carbocycles. The molecular formula is C23H26N6O2. The molecule has 8 nitrogen and oxygen atoms in total. The van der Waals surface area contributed by atoms with Gasteiger partial charge in [-0.05, 0) is 50.8 Å². The lowest BCUT2D eigenvalue weighted by Crippen LogP contribution is -2.44. The van der Waals surface area contributed by atoms with Gasteiger partial charge in [-0.2, -0.15) is 4.98 Å². The molecule has 0 N–H and O–H groups in total. The number of aryl methyl sites for hydroxylation is 1. The minimum atomic E-state index is -0.0316. The van der Waals surface area contributed by atoms with Crippen molar-refractivity contribution in [2.45, 2.75) is 32.2 Å². The first kappa shape index (κ1) is 19.8. The highest BCUT2D eigenvalue weighted by atomic mass is 16.5. The lowest BCUT2D eigenvalue weighted by molar-refractivity contribution is 0.0587. The Hall–Kier alpha value is -3.13. The van der Waals surface area contributed by atoms with Crippen LogP contribution in [0.3, 0.4) is 0 Å². The number of amides is 1. The summed E-state index contributed by atoms with van der Waals surface area (Å²) in [4.78, 5) is 30.1. The van der Waals surface area contributed by atoms with Crippen molar-refractivity contribution in [2.24, 2.45) is 5.41 Å². The van der Waals surface area contributed by atoms with Crippen molar-refractivity contribution in [3.63, 3.8) is 0 Å². The van der Waals surface area contributed by atoms with Crippen LogP contribution >= 0.6 is 0 Å². The minimum Gasteiger partial charge on any atom is -0.337 e. The molecule has 2 aliphatic heterocycles. The van der Waals surface area contributed by atoms with Crippen molar-refractivity contribution in [1.82, 2.24) is 29.9 Å². The summed E-state index contributed by atoms with van der Waals surface area (Å²) in [6.07, 6.45) is 6.11. The number of aromatic nitrogens is 4. The SMILES string of the molecule is Cc1cnc(C(=O)N2CCC3(CC2)CC(c2noc(-c4ccccc4)n2)N(C)C3)cn1. The Labute approximate surface area is 181 Å². The van der Waals surface area contributed by atoms with Gasteiger partial charge < -0.3 is 9.42 Å². The van der Waals surface area contributed by atoms with E-state index in [1.165, 1.54) is 0 Å². The molecular weight excluding hydrogens is 392 g/mol. The molecule has 2 aliphatic rings. The molecule has 0 bridgehead atoms. The van der Waals surface area contributed by atoms with Crippen molar-refractivity contribution >= 4 is 5.91 Å². The van der Waals surface area contributed by atoms with Crippen LogP contribution in [-0.2, 0) is 0 Å². The molecule has 2 saturated heterocycles. The quantitative estimate of drug-likeness (QED) is 0.646. The second kappa shape index (κ2) is 7.85. The molecule has 3 aromatic rings. The highest BCUT2D eigenvalue weighted by Gasteiger charge is 2.46. The van der Waals surface area contributed by atoms with Crippen LogP contribution < -0.4 is 0 Å². The predicted molar refractivity (Wildman–Crippen MR) is 114 cm³/mol. The van der Waals surface area contributed by atoms with Gasteiger partial charge in [0.15, 0.2) is 5.82 Å². The summed E-state index contributed by atoms with van der Waals surface area (Å²) in [6, 6.07) is 9.98. The first-order valence-electron chi connectivity index (χ1n) is 10.7. The molecule has 160 valence electrons. The van der Waals surface area contributed by atoms with E-state index in [1.807, 2.05) is 42.2 Å². The van der Waals surface area contributed by atoms with Gasteiger partial charge in [0.05, 0.1) is 17.9 Å². The summed E-state index contributed by atoms with van der Waals surface area (Å²) in [5, 5.41) is 4.29. The van der Waals surface area contributed by atoms with E-state index < -0.39 is 0 Å². The van der Waals surface area contributed by atoms with Crippen molar-refractivity contribution in [2.75, 3.05) is 26.7 Å². The Morgan fingerprint density at radius 1 is 1.13 bits per heavy atom. The zero-order valence-electron chi connectivity index (χ0n) is 17.9. The summed E-state index contributed by atoms with van der Waals surface area (Å²) in [7, 11) is 2.12. The van der Waals surface area contributed by atoms with Gasteiger partial charge in [-0.25, -0.2) is 4.98 Å². The normalized spacial score (nSPS) is 21.0. The first-order chi connectivity index (χ1) is 15.0. The van der Waals surface area contributed by atoms with Crippen molar-refractivity contribution in [3.8, 4) is 11.5 Å². The zero-order valence-corrected chi connectivity index (χ0v) is 17.9. The molecule has 0 aliphatic carbocycles. The van der Waals surface area contributed by atoms with Crippen molar-refractivity contribution in [3.05, 3.63) is 59.9 Å². The van der Waals surface area contributed by atoms with Crippen LogP contribution in [0, 0.1) is 12.3 Å². The molecule has 5 rings (SSSR count). The fourth-order valence-corrected chi connectivity index (χ4v) is 4.84. The fraction of sp³-hybridized carbons (Fsp3) is 0.435. The second-order valence-corrected chi connectivity index (χ2v) is 8.79. The van der Waals surface area contributed by atoms with E-state index in [1.54, 1.807) is 12.4 Å². The largest absolute Gasteiger partial charge is 0.337 e. The maximum absolute atomic E-state index is 12.8. The number of rotatable bonds is 3. The molecule has 8 heteroatoms. The third kappa shape index (κ3) is 3.83. The van der Waals surface area contributed by atoms with Crippen LogP contribution in [0.4, 0.5) is 0 Å². The molecule has 0 radical (unpaired) electrons. The van der Waals surface area contributed by atoms with E-state index in [4.69, 9.17) is 4.52 Å². The summed E-state index contributed by atoms with van der Waals surface area (Å²) < 4.78 is 5.54. The zero-order chi connectivity index (χ0) is 21.4. The molecule has 1 atom stereocenters. The minimum absolute atomic E-state index is 0.0316. The number of piperidine rings is 1. The van der Waals surface area contributed by atoms with Crippen LogP contribution in [0.1, 0.15) is 47.3 Å². The molecule has 2 aromatic heterocycles. The number of nitrogens with zero attached hydrogens (tertiary/aromatic N) is 6. The lowest BCUT2D eigenvalue weighted by atomic mass is 9.76. The second-order valence-electron chi connectivity index (χ2n) is 8.79. The maximum atomic E-state index is 12.8. The van der Waals surface area contributed by atoms with Crippen molar-refractivity contribution < 1.29 is 9.32 Å². The average molecular weight is 419 g/mol. The smallest absolute Gasteiger partial charge is 0.274 e. The monoisotopic (exact) mass is 418 g/mol. The van der Waals surface area contributed by atoms with Gasteiger partial charge in [0, 0.05) is 31.4 Å². The van der Waals surface area contributed by atoms with E-state index in [2.05, 4.69) is 32.1 Å². The standard InChI is InChI=1S/C23H26N6O2/c1-16-13-25-18(14-24-16)22(30)29-10-8-23(9-11-29)12-19(28(2)15-23)20-26-21(31-27-20)17-6-4-3-5-7-17/h3-7,13-14,19H,8-12,15H2,1-2H3. The Bertz CT molecular complexity index is 1060. The van der Waals surface area contributed by atoms with Gasteiger partial charge >= 0.3 is 0 Å². The van der Waals surface area contributed by atoms with E-state index in [9.17, 15) is 4.79 Å². The van der Waals surface area contributed by atoms with Crippen molar-refractivity contribution in [1.29, 1.82) is 0 Å². The highest BCUT2D eigenvalue weighted by molar-refractivity contribution is 5.92. The van der Waals surface area contributed by atoms with Crippen LogP contribution in [0.2, 0.25) is 0 Å². The molecule has 4 heterocycles. The van der Waals surface area contributed by atoms with E-state index in [0.29, 0.717) is 11.6 Å². The van der Waals surface area contributed by atoms with E-state index in [0.717, 1.165) is 56.0 Å². The fourth-order valence-electron chi connectivity index (χ4n) is 4.84. The molecule has 1 aromatic carbocycles. The van der Waals surface area contributed by atoms with Crippen LogP contribution in [0.25, 0.3) is 11.5 Å². The molecule has 2 fully saturated rings. The summed E-state index contributed by atoms with van der Waals surface area (Å²) in [5.41, 5.74) is 2.33. The molecule has 1 spiro atoms. The Balaban J connectivity index is 1.25. The lowest BCUT2D eigenvalue weighted by Gasteiger charge is -2.39. The number of carbonyl (C=O) groups is 1. The molecule has 1 amide bonds. The van der Waals surface area contributed by atoms with E-state index >= 15 is 0 Å². The van der Waals surface area contributed by atoms with Gasteiger partial charge in [-0.1, -0.05) is 23.4 Å². The Kier molecular flexibility index (Phi) is 5.02. The van der Waals surface area contributed by atoms with E-state index in [-0.39, 0.29) is 17.4 Å². The van der Waals surface area contributed by atoms with Gasteiger partial charge in [0.2, 0.25) is 0 Å². The Morgan fingerprint density at radius 2 is 1.90 bits per heavy atom. The van der Waals surface area contributed by atoms with Gasteiger partial charge in [0.25, 0.3) is 11.8 Å². The average Bonchev–Trinajstić information content (AvgIpc) is 3.40. The third-order valence-electron chi connectivity index (χ3n) is 6.62. The highest BCUT2D eigenvalue weighted by Crippen LogP contribution is 2.48. The predicted octanol–water partition coefficient (Wildman–Crippen LogP) is 3.13. The van der Waals surface area contributed by atoms with Gasteiger partial charge in [-0.15, -0.1) is 0 Å².